The molecule has 0 spiro atoms. The van der Waals surface area contributed by atoms with Crippen LogP contribution in [0, 0.1) is 24.5 Å². The summed E-state index contributed by atoms with van der Waals surface area (Å²) >= 11 is 0. The summed E-state index contributed by atoms with van der Waals surface area (Å²) in [6.45, 7) is 6.20. The maximum atomic E-state index is 14.1. The van der Waals surface area contributed by atoms with E-state index in [0.29, 0.717) is 29.1 Å². The molecule has 0 saturated carbocycles. The van der Waals surface area contributed by atoms with Crippen molar-refractivity contribution in [3.63, 3.8) is 0 Å². The minimum absolute atomic E-state index is 0.248. The van der Waals surface area contributed by atoms with Crippen LogP contribution in [0.5, 0.6) is 0 Å². The van der Waals surface area contributed by atoms with Gasteiger partial charge in [0.15, 0.2) is 0 Å². The van der Waals surface area contributed by atoms with Gasteiger partial charge in [0.2, 0.25) is 0 Å². The molecule has 1 aromatic heterocycles. The van der Waals surface area contributed by atoms with Gasteiger partial charge in [-0.15, -0.1) is 0 Å². The van der Waals surface area contributed by atoms with E-state index >= 15 is 0 Å². The zero-order valence-corrected chi connectivity index (χ0v) is 14.6. The Labute approximate surface area is 147 Å². The number of pyridine rings is 1. The number of aromatic nitrogens is 1. The molecule has 3 aliphatic rings. The number of anilines is 1. The lowest BCUT2D eigenvalue weighted by molar-refractivity contribution is 0.0457. The molecule has 0 aliphatic carbocycles. The van der Waals surface area contributed by atoms with Crippen LogP contribution in [0.2, 0.25) is 0 Å². The van der Waals surface area contributed by atoms with E-state index in [0.717, 1.165) is 5.82 Å². The highest BCUT2D eigenvalue weighted by Crippen LogP contribution is 2.34. The zero-order valence-electron chi connectivity index (χ0n) is 14.6. The SMILES string of the molecule is Cc1cc(F)c(-c2ccc(N[C@H]3C4CCN(CC4)[C@@H]3C)nc2)cc1F. The van der Waals surface area contributed by atoms with Crippen molar-refractivity contribution in [1.82, 2.24) is 9.88 Å². The lowest BCUT2D eigenvalue weighted by atomic mass is 9.79. The average Bonchev–Trinajstić information content (AvgIpc) is 2.62. The molecule has 4 heterocycles. The van der Waals surface area contributed by atoms with E-state index in [1.165, 1.54) is 38.1 Å². The van der Waals surface area contributed by atoms with Gasteiger partial charge in [0.1, 0.15) is 17.5 Å². The first-order valence-corrected chi connectivity index (χ1v) is 8.95. The Balaban J connectivity index is 1.54. The topological polar surface area (TPSA) is 28.2 Å². The summed E-state index contributed by atoms with van der Waals surface area (Å²) in [7, 11) is 0. The fourth-order valence-electron chi connectivity index (χ4n) is 4.22. The molecule has 5 rings (SSSR count). The molecule has 3 fully saturated rings. The largest absolute Gasteiger partial charge is 0.365 e. The van der Waals surface area contributed by atoms with Crippen LogP contribution in [0.4, 0.5) is 14.6 Å². The Morgan fingerprint density at radius 2 is 1.88 bits per heavy atom. The molecule has 25 heavy (non-hydrogen) atoms. The van der Waals surface area contributed by atoms with Crippen molar-refractivity contribution in [2.75, 3.05) is 18.4 Å². The summed E-state index contributed by atoms with van der Waals surface area (Å²) in [5.74, 6) is 0.652. The summed E-state index contributed by atoms with van der Waals surface area (Å²) in [6, 6.07) is 7.02. The van der Waals surface area contributed by atoms with Crippen molar-refractivity contribution in [3.05, 3.63) is 47.7 Å². The number of nitrogens with zero attached hydrogens (tertiary/aromatic N) is 2. The minimum atomic E-state index is -0.424. The van der Waals surface area contributed by atoms with Crippen LogP contribution >= 0.6 is 0 Å². The van der Waals surface area contributed by atoms with Gasteiger partial charge < -0.3 is 5.32 Å². The van der Waals surface area contributed by atoms with E-state index in [1.807, 2.05) is 6.07 Å². The number of hydrogen-bond donors (Lipinski definition) is 1. The molecule has 0 amide bonds. The summed E-state index contributed by atoms with van der Waals surface area (Å²) in [6.07, 6.45) is 4.07. The summed E-state index contributed by atoms with van der Waals surface area (Å²) in [5, 5.41) is 3.56. The number of nitrogens with one attached hydrogen (secondary N) is 1. The predicted octanol–water partition coefficient (Wildman–Crippen LogP) is 4.23. The molecule has 0 unspecified atom stereocenters. The van der Waals surface area contributed by atoms with Gasteiger partial charge in [0, 0.05) is 29.4 Å². The van der Waals surface area contributed by atoms with Gasteiger partial charge in [-0.25, -0.2) is 13.8 Å². The van der Waals surface area contributed by atoms with Crippen LogP contribution in [0.15, 0.2) is 30.5 Å². The van der Waals surface area contributed by atoms with Crippen LogP contribution in [0.3, 0.4) is 0 Å². The molecule has 1 N–H and O–H groups in total. The summed E-state index contributed by atoms with van der Waals surface area (Å²) in [4.78, 5) is 6.97. The van der Waals surface area contributed by atoms with Gasteiger partial charge in [0.05, 0.1) is 0 Å². The molecule has 3 aliphatic heterocycles. The van der Waals surface area contributed by atoms with E-state index < -0.39 is 11.6 Å². The van der Waals surface area contributed by atoms with Gasteiger partial charge in [-0.05, 0) is 75.5 Å². The second kappa shape index (κ2) is 6.37. The van der Waals surface area contributed by atoms with Crippen molar-refractivity contribution in [2.45, 2.75) is 38.8 Å². The van der Waals surface area contributed by atoms with E-state index in [-0.39, 0.29) is 5.56 Å². The molecule has 5 heteroatoms. The van der Waals surface area contributed by atoms with Gasteiger partial charge in [-0.2, -0.15) is 0 Å². The van der Waals surface area contributed by atoms with Gasteiger partial charge in [0.25, 0.3) is 0 Å². The van der Waals surface area contributed by atoms with E-state index in [2.05, 4.69) is 22.1 Å². The maximum Gasteiger partial charge on any atom is 0.131 e. The Hall–Kier alpha value is -2.01. The lowest BCUT2D eigenvalue weighted by Crippen LogP contribution is -2.59. The molecule has 1 aromatic carbocycles. The zero-order chi connectivity index (χ0) is 17.6. The third-order valence-electron chi connectivity index (χ3n) is 5.82. The molecule has 132 valence electrons. The third-order valence-corrected chi connectivity index (χ3v) is 5.82. The van der Waals surface area contributed by atoms with E-state index in [4.69, 9.17) is 0 Å². The van der Waals surface area contributed by atoms with E-state index in [1.54, 1.807) is 19.2 Å². The number of rotatable bonds is 3. The fraction of sp³-hybridized carbons (Fsp3) is 0.450. The minimum Gasteiger partial charge on any atom is -0.365 e. The van der Waals surface area contributed by atoms with E-state index in [9.17, 15) is 8.78 Å². The maximum absolute atomic E-state index is 14.1. The molecule has 2 bridgehead atoms. The number of fused-ring (bicyclic) bond motifs is 3. The van der Waals surface area contributed by atoms with Gasteiger partial charge in [-0.3, -0.25) is 4.90 Å². The number of halogens is 2. The van der Waals surface area contributed by atoms with Crippen molar-refractivity contribution >= 4 is 5.82 Å². The molecular formula is C20H23F2N3. The first kappa shape index (κ1) is 16.5. The number of hydrogen-bond acceptors (Lipinski definition) is 3. The molecule has 2 atom stereocenters. The summed E-state index contributed by atoms with van der Waals surface area (Å²) in [5.41, 5.74) is 1.14. The van der Waals surface area contributed by atoms with Crippen molar-refractivity contribution < 1.29 is 8.78 Å². The smallest absolute Gasteiger partial charge is 0.131 e. The van der Waals surface area contributed by atoms with Crippen molar-refractivity contribution in [3.8, 4) is 11.1 Å². The van der Waals surface area contributed by atoms with Crippen LogP contribution in [-0.2, 0) is 0 Å². The van der Waals surface area contributed by atoms with Gasteiger partial charge in [-0.1, -0.05) is 0 Å². The average molecular weight is 343 g/mol. The molecular weight excluding hydrogens is 320 g/mol. The van der Waals surface area contributed by atoms with Crippen LogP contribution in [0.25, 0.3) is 11.1 Å². The Morgan fingerprint density at radius 1 is 1.12 bits per heavy atom. The first-order chi connectivity index (χ1) is 12.0. The Bertz CT molecular complexity index is 765. The standard InChI is InChI=1S/C20H23F2N3/c1-12-9-18(22)16(10-17(12)21)15-3-4-19(23-11-15)24-20-13(2)25-7-5-14(20)6-8-25/h3-4,9-11,13-14,20H,5-8H2,1-2H3,(H,23,24)/t13-,20-/m1/s1. The highest BCUT2D eigenvalue weighted by molar-refractivity contribution is 5.65. The second-order valence-electron chi connectivity index (χ2n) is 7.30. The Kier molecular flexibility index (Phi) is 4.20. The molecule has 3 nitrogen and oxygen atoms in total. The highest BCUT2D eigenvalue weighted by Gasteiger charge is 2.39. The van der Waals surface area contributed by atoms with Crippen molar-refractivity contribution in [1.29, 1.82) is 0 Å². The molecule has 2 aromatic rings. The first-order valence-electron chi connectivity index (χ1n) is 8.95. The Morgan fingerprint density at radius 3 is 2.52 bits per heavy atom. The monoisotopic (exact) mass is 343 g/mol. The van der Waals surface area contributed by atoms with Crippen LogP contribution in [-0.4, -0.2) is 35.1 Å². The fourth-order valence-corrected chi connectivity index (χ4v) is 4.22. The van der Waals surface area contributed by atoms with Crippen LogP contribution in [0.1, 0.15) is 25.3 Å². The number of benzene rings is 1. The van der Waals surface area contributed by atoms with Gasteiger partial charge >= 0.3 is 0 Å². The molecule has 0 radical (unpaired) electrons. The molecule has 3 saturated heterocycles. The predicted molar refractivity (Wildman–Crippen MR) is 95.5 cm³/mol. The number of piperidine rings is 3. The second-order valence-corrected chi connectivity index (χ2v) is 7.30. The highest BCUT2D eigenvalue weighted by atomic mass is 19.1. The number of aryl methyl sites for hydroxylation is 1. The lowest BCUT2D eigenvalue weighted by Gasteiger charge is -2.50. The summed E-state index contributed by atoms with van der Waals surface area (Å²) < 4.78 is 27.9. The third kappa shape index (κ3) is 3.01. The quantitative estimate of drug-likeness (QED) is 0.904. The normalized spacial score (nSPS) is 28.2. The van der Waals surface area contributed by atoms with Crippen molar-refractivity contribution in [2.24, 2.45) is 5.92 Å². The van der Waals surface area contributed by atoms with Crippen LogP contribution < -0.4 is 5.32 Å².